The van der Waals surface area contributed by atoms with Gasteiger partial charge in [0.15, 0.2) is 5.65 Å². The van der Waals surface area contributed by atoms with Gasteiger partial charge in [-0.25, -0.2) is 9.50 Å². The first-order valence-electron chi connectivity index (χ1n) is 5.49. The number of aryl methyl sites for hydroxylation is 1. The van der Waals surface area contributed by atoms with Crippen molar-refractivity contribution >= 4 is 5.65 Å². The third-order valence-corrected chi connectivity index (χ3v) is 2.27. The second kappa shape index (κ2) is 4.91. The zero-order valence-corrected chi connectivity index (χ0v) is 10.2. The van der Waals surface area contributed by atoms with E-state index < -0.39 is 0 Å². The van der Waals surface area contributed by atoms with Crippen LogP contribution in [0.3, 0.4) is 0 Å². The van der Waals surface area contributed by atoms with Gasteiger partial charge in [0.05, 0.1) is 0 Å². The fourth-order valence-electron chi connectivity index (χ4n) is 1.50. The Labute approximate surface area is 91.2 Å². The van der Waals surface area contributed by atoms with Crippen molar-refractivity contribution in [3.8, 4) is 0 Å². The molecule has 0 atom stereocenters. The largest absolute Gasteiger partial charge is 0.218 e. The molecule has 0 aliphatic rings. The minimum atomic E-state index is 0.493. The fourth-order valence-corrected chi connectivity index (χ4v) is 1.50. The lowest BCUT2D eigenvalue weighted by Gasteiger charge is -2.07. The van der Waals surface area contributed by atoms with E-state index in [2.05, 4.69) is 36.1 Å². The molecule has 2 aromatic heterocycles. The van der Waals surface area contributed by atoms with Crippen LogP contribution in [0.1, 0.15) is 44.9 Å². The van der Waals surface area contributed by atoms with E-state index in [9.17, 15) is 0 Å². The first kappa shape index (κ1) is 11.7. The van der Waals surface area contributed by atoms with E-state index in [1.165, 1.54) is 5.56 Å². The van der Waals surface area contributed by atoms with Crippen LogP contribution < -0.4 is 0 Å². The zero-order valence-electron chi connectivity index (χ0n) is 10.2. The van der Waals surface area contributed by atoms with Crippen molar-refractivity contribution in [3.05, 3.63) is 29.7 Å². The molecule has 0 saturated heterocycles. The Kier molecular flexibility index (Phi) is 3.83. The summed E-state index contributed by atoms with van der Waals surface area (Å²) in [5.41, 5.74) is 3.36. The summed E-state index contributed by atoms with van der Waals surface area (Å²) < 4.78 is 1.88. The lowest BCUT2D eigenvalue weighted by atomic mass is 10.0. The Morgan fingerprint density at radius 3 is 2.47 bits per heavy atom. The number of hydrogen-bond acceptors (Lipinski definition) is 2. The van der Waals surface area contributed by atoms with Crippen LogP contribution >= 0.6 is 0 Å². The van der Waals surface area contributed by atoms with Gasteiger partial charge < -0.3 is 0 Å². The molecule has 2 heterocycles. The van der Waals surface area contributed by atoms with E-state index in [0.29, 0.717) is 5.92 Å². The normalized spacial score (nSPS) is 10.3. The third-order valence-electron chi connectivity index (χ3n) is 2.27. The molecule has 15 heavy (non-hydrogen) atoms. The summed E-state index contributed by atoms with van der Waals surface area (Å²) in [4.78, 5) is 4.25. The van der Waals surface area contributed by atoms with Crippen molar-refractivity contribution in [1.29, 1.82) is 0 Å². The topological polar surface area (TPSA) is 30.2 Å². The van der Waals surface area contributed by atoms with Gasteiger partial charge in [0.2, 0.25) is 0 Å². The first-order chi connectivity index (χ1) is 7.20. The van der Waals surface area contributed by atoms with Gasteiger partial charge in [-0.3, -0.25) is 0 Å². The number of rotatable bonds is 1. The second-order valence-electron chi connectivity index (χ2n) is 3.58. The first-order valence-corrected chi connectivity index (χ1v) is 5.49. The van der Waals surface area contributed by atoms with Crippen LogP contribution in [0.15, 0.2) is 18.5 Å². The van der Waals surface area contributed by atoms with Crippen molar-refractivity contribution in [3.63, 3.8) is 0 Å². The summed E-state index contributed by atoms with van der Waals surface area (Å²) in [6.07, 6.45) is 1.61. The molecule has 2 rings (SSSR count). The molecule has 0 aliphatic carbocycles. The summed E-state index contributed by atoms with van der Waals surface area (Å²) in [6, 6.07) is 4.21. The highest BCUT2D eigenvalue weighted by atomic mass is 15.3. The van der Waals surface area contributed by atoms with Crippen molar-refractivity contribution in [2.24, 2.45) is 0 Å². The van der Waals surface area contributed by atoms with Gasteiger partial charge in [0, 0.05) is 5.69 Å². The summed E-state index contributed by atoms with van der Waals surface area (Å²) >= 11 is 0. The molecule has 3 heteroatoms. The van der Waals surface area contributed by atoms with Crippen LogP contribution in [0.4, 0.5) is 0 Å². The Morgan fingerprint density at radius 1 is 1.20 bits per heavy atom. The van der Waals surface area contributed by atoms with E-state index in [4.69, 9.17) is 0 Å². The fraction of sp³-hybridized carbons (Fsp3) is 0.500. The van der Waals surface area contributed by atoms with Crippen molar-refractivity contribution in [1.82, 2.24) is 14.6 Å². The number of pyridine rings is 1. The summed E-state index contributed by atoms with van der Waals surface area (Å²) in [7, 11) is 0. The van der Waals surface area contributed by atoms with Crippen molar-refractivity contribution in [2.45, 2.75) is 40.5 Å². The monoisotopic (exact) mass is 205 g/mol. The van der Waals surface area contributed by atoms with E-state index >= 15 is 0 Å². The smallest absolute Gasteiger partial charge is 0.158 e. The maximum atomic E-state index is 4.25. The molecule has 82 valence electrons. The predicted molar refractivity (Wildman–Crippen MR) is 63.2 cm³/mol. The molecule has 3 nitrogen and oxygen atoms in total. The molecule has 0 N–H and O–H groups in total. The Hall–Kier alpha value is -1.38. The maximum Gasteiger partial charge on any atom is 0.158 e. The van der Waals surface area contributed by atoms with Gasteiger partial charge in [0.25, 0.3) is 0 Å². The average molecular weight is 205 g/mol. The Balaban J connectivity index is 0.000000531. The van der Waals surface area contributed by atoms with Crippen LogP contribution in [-0.2, 0) is 0 Å². The average Bonchev–Trinajstić information content (AvgIpc) is 2.70. The highest BCUT2D eigenvalue weighted by Gasteiger charge is 2.07. The number of nitrogens with zero attached hydrogens (tertiary/aromatic N) is 3. The third kappa shape index (κ3) is 2.17. The molecule has 2 aromatic rings. The summed E-state index contributed by atoms with van der Waals surface area (Å²) in [5.74, 6) is 0.493. The predicted octanol–water partition coefficient (Wildman–Crippen LogP) is 3.19. The number of fused-ring (bicyclic) bond motifs is 1. The summed E-state index contributed by atoms with van der Waals surface area (Å²) in [5, 5.41) is 4.17. The summed E-state index contributed by atoms with van der Waals surface area (Å²) in [6.45, 7) is 10.4. The molecule has 0 amide bonds. The maximum absolute atomic E-state index is 4.25. The molecule has 0 radical (unpaired) electrons. The molecular formula is C12H19N3. The molecule has 0 bridgehead atoms. The van der Waals surface area contributed by atoms with Crippen LogP contribution in [0, 0.1) is 6.92 Å². The minimum absolute atomic E-state index is 0.493. The van der Waals surface area contributed by atoms with Crippen LogP contribution in [0.2, 0.25) is 0 Å². The Morgan fingerprint density at radius 2 is 1.87 bits per heavy atom. The number of aromatic nitrogens is 3. The zero-order chi connectivity index (χ0) is 11.4. The molecule has 0 saturated carbocycles. The SMILES string of the molecule is CC.Cc1ccc(C(C)C)c2ncnn12. The van der Waals surface area contributed by atoms with Gasteiger partial charge in [-0.15, -0.1) is 0 Å². The lowest BCUT2D eigenvalue weighted by molar-refractivity contribution is 0.840. The van der Waals surface area contributed by atoms with E-state index in [1.54, 1.807) is 6.33 Å². The quantitative estimate of drug-likeness (QED) is 0.715. The van der Waals surface area contributed by atoms with Crippen LogP contribution in [-0.4, -0.2) is 14.6 Å². The van der Waals surface area contributed by atoms with Gasteiger partial charge in [-0.2, -0.15) is 5.10 Å². The standard InChI is InChI=1S/C10H13N3.C2H6/c1-7(2)9-5-4-8(3)13-10(9)11-6-12-13;1-2/h4-7H,1-3H3;1-2H3. The van der Waals surface area contributed by atoms with E-state index in [0.717, 1.165) is 11.3 Å². The Bertz CT molecular complexity index is 429. The lowest BCUT2D eigenvalue weighted by Crippen LogP contribution is -1.98. The van der Waals surface area contributed by atoms with Crippen LogP contribution in [0.25, 0.3) is 5.65 Å². The molecule has 0 aromatic carbocycles. The minimum Gasteiger partial charge on any atom is -0.218 e. The van der Waals surface area contributed by atoms with E-state index in [-0.39, 0.29) is 0 Å². The van der Waals surface area contributed by atoms with Gasteiger partial charge in [0.1, 0.15) is 6.33 Å². The highest BCUT2D eigenvalue weighted by Crippen LogP contribution is 2.19. The number of hydrogen-bond donors (Lipinski definition) is 0. The molecule has 0 fully saturated rings. The van der Waals surface area contributed by atoms with Gasteiger partial charge in [-0.1, -0.05) is 33.8 Å². The van der Waals surface area contributed by atoms with Gasteiger partial charge >= 0.3 is 0 Å². The highest BCUT2D eigenvalue weighted by molar-refractivity contribution is 5.49. The molecule has 0 spiro atoms. The van der Waals surface area contributed by atoms with Crippen molar-refractivity contribution < 1.29 is 0 Å². The molecule has 0 unspecified atom stereocenters. The second-order valence-corrected chi connectivity index (χ2v) is 3.58. The van der Waals surface area contributed by atoms with Crippen molar-refractivity contribution in [2.75, 3.05) is 0 Å². The van der Waals surface area contributed by atoms with Gasteiger partial charge in [-0.05, 0) is 24.5 Å². The molecular weight excluding hydrogens is 186 g/mol. The van der Waals surface area contributed by atoms with Crippen LogP contribution in [0.5, 0.6) is 0 Å². The van der Waals surface area contributed by atoms with E-state index in [1.807, 2.05) is 25.3 Å². The molecule has 0 aliphatic heterocycles.